The molecule has 0 atom stereocenters. The number of nitrogens with zero attached hydrogens (tertiary/aromatic N) is 4. The van der Waals surface area contributed by atoms with Gasteiger partial charge < -0.3 is 24.6 Å². The summed E-state index contributed by atoms with van der Waals surface area (Å²) in [4.78, 5) is 36.8. The van der Waals surface area contributed by atoms with E-state index in [-0.39, 0.29) is 12.0 Å². The topological polar surface area (TPSA) is 96.9 Å². The average molecular weight is 399 g/mol. The van der Waals surface area contributed by atoms with E-state index in [1.807, 2.05) is 6.07 Å². The molecule has 9 nitrogen and oxygen atoms in total. The second-order valence-corrected chi connectivity index (χ2v) is 6.44. The van der Waals surface area contributed by atoms with E-state index in [0.717, 1.165) is 18.8 Å². The molecule has 1 fully saturated rings. The molecule has 0 aliphatic carbocycles. The van der Waals surface area contributed by atoms with Gasteiger partial charge in [-0.1, -0.05) is 0 Å². The zero-order chi connectivity index (χ0) is 20.6. The molecule has 154 valence electrons. The van der Waals surface area contributed by atoms with E-state index in [9.17, 15) is 9.59 Å². The quantitative estimate of drug-likeness (QED) is 0.771. The van der Waals surface area contributed by atoms with Crippen molar-refractivity contribution in [2.24, 2.45) is 0 Å². The minimum absolute atomic E-state index is 0.191. The van der Waals surface area contributed by atoms with Gasteiger partial charge in [0.15, 0.2) is 0 Å². The summed E-state index contributed by atoms with van der Waals surface area (Å²) in [7, 11) is 1.52. The Morgan fingerprint density at radius 2 is 2.00 bits per heavy atom. The third-order valence-electron chi connectivity index (χ3n) is 4.57. The first-order chi connectivity index (χ1) is 14.1. The predicted molar refractivity (Wildman–Crippen MR) is 108 cm³/mol. The number of esters is 1. The molecule has 0 unspecified atom stereocenters. The van der Waals surface area contributed by atoms with Crippen LogP contribution in [0.5, 0.6) is 5.88 Å². The zero-order valence-electron chi connectivity index (χ0n) is 16.6. The molecule has 1 N–H and O–H groups in total. The molecule has 1 aliphatic rings. The van der Waals surface area contributed by atoms with Crippen LogP contribution in [-0.4, -0.2) is 66.8 Å². The van der Waals surface area contributed by atoms with Gasteiger partial charge in [0.05, 0.1) is 19.3 Å². The minimum Gasteiger partial charge on any atom is -0.480 e. The van der Waals surface area contributed by atoms with Gasteiger partial charge in [0.25, 0.3) is 0 Å². The van der Waals surface area contributed by atoms with Crippen LogP contribution in [0.25, 0.3) is 0 Å². The summed E-state index contributed by atoms with van der Waals surface area (Å²) in [6.07, 6.45) is 3.94. The molecule has 9 heteroatoms. The third-order valence-corrected chi connectivity index (χ3v) is 4.57. The Bertz CT molecular complexity index is 843. The van der Waals surface area contributed by atoms with E-state index in [2.05, 4.69) is 20.2 Å². The molecular formula is C20H25N5O4. The number of hydrogen-bond acceptors (Lipinski definition) is 7. The van der Waals surface area contributed by atoms with Crippen molar-refractivity contribution in [2.45, 2.75) is 13.3 Å². The summed E-state index contributed by atoms with van der Waals surface area (Å²) in [5.74, 6) is 0.772. The molecule has 0 bridgehead atoms. The van der Waals surface area contributed by atoms with Crippen molar-refractivity contribution >= 4 is 23.5 Å². The fraction of sp³-hybridized carbons (Fsp3) is 0.400. The lowest BCUT2D eigenvalue weighted by Gasteiger charge is -2.23. The number of amides is 2. The Morgan fingerprint density at radius 1 is 1.14 bits per heavy atom. The molecular weight excluding hydrogens is 374 g/mol. The standard InChI is InChI=1S/C20H25N5O4/c1-3-29-19(26)15-7-8-17(22-14-15)24-10-5-11-25(13-12-24)20(27)23-16-6-4-9-21-18(16)28-2/h4,6-9,14H,3,5,10-13H2,1-2H3,(H,23,27). The maximum Gasteiger partial charge on any atom is 0.339 e. The zero-order valence-corrected chi connectivity index (χ0v) is 16.6. The van der Waals surface area contributed by atoms with Crippen LogP contribution in [-0.2, 0) is 4.74 Å². The van der Waals surface area contributed by atoms with Gasteiger partial charge in [-0.2, -0.15) is 0 Å². The normalized spacial score (nSPS) is 14.1. The van der Waals surface area contributed by atoms with Crippen LogP contribution in [0.3, 0.4) is 0 Å². The van der Waals surface area contributed by atoms with E-state index in [1.54, 1.807) is 36.2 Å². The molecule has 1 saturated heterocycles. The molecule has 29 heavy (non-hydrogen) atoms. The van der Waals surface area contributed by atoms with Crippen molar-refractivity contribution in [3.8, 4) is 5.88 Å². The number of hydrogen-bond donors (Lipinski definition) is 1. The van der Waals surface area contributed by atoms with Crippen LogP contribution in [0.4, 0.5) is 16.3 Å². The first-order valence-electron chi connectivity index (χ1n) is 9.55. The molecule has 1 aliphatic heterocycles. The lowest BCUT2D eigenvalue weighted by molar-refractivity contribution is 0.0526. The maximum atomic E-state index is 12.7. The van der Waals surface area contributed by atoms with E-state index in [1.165, 1.54) is 13.3 Å². The fourth-order valence-electron chi connectivity index (χ4n) is 3.10. The highest BCUT2D eigenvalue weighted by Gasteiger charge is 2.21. The van der Waals surface area contributed by atoms with Crippen LogP contribution in [0, 0.1) is 0 Å². The van der Waals surface area contributed by atoms with E-state index >= 15 is 0 Å². The van der Waals surface area contributed by atoms with Crippen LogP contribution < -0.4 is 15.0 Å². The maximum absolute atomic E-state index is 12.7. The van der Waals surface area contributed by atoms with Gasteiger partial charge in [-0.3, -0.25) is 0 Å². The van der Waals surface area contributed by atoms with Crippen molar-refractivity contribution in [1.82, 2.24) is 14.9 Å². The lowest BCUT2D eigenvalue weighted by Crippen LogP contribution is -2.38. The number of carbonyl (C=O) groups excluding carboxylic acids is 2. The molecule has 0 spiro atoms. The van der Waals surface area contributed by atoms with Gasteiger partial charge in [0, 0.05) is 38.6 Å². The highest BCUT2D eigenvalue weighted by atomic mass is 16.5. The number of aromatic nitrogens is 2. The Morgan fingerprint density at radius 3 is 2.72 bits per heavy atom. The third kappa shape index (κ3) is 5.13. The number of pyridine rings is 2. The fourth-order valence-corrected chi connectivity index (χ4v) is 3.10. The van der Waals surface area contributed by atoms with Gasteiger partial charge in [0.1, 0.15) is 11.5 Å². The molecule has 3 rings (SSSR count). The lowest BCUT2D eigenvalue weighted by atomic mass is 10.2. The number of rotatable bonds is 5. The minimum atomic E-state index is -0.379. The van der Waals surface area contributed by atoms with Crippen molar-refractivity contribution in [2.75, 3.05) is 50.1 Å². The molecule has 2 aromatic heterocycles. The Hall–Kier alpha value is -3.36. The number of ether oxygens (including phenoxy) is 2. The van der Waals surface area contributed by atoms with Crippen LogP contribution in [0.1, 0.15) is 23.7 Å². The predicted octanol–water partition coefficient (Wildman–Crippen LogP) is 2.41. The number of urea groups is 1. The largest absolute Gasteiger partial charge is 0.480 e. The summed E-state index contributed by atoms with van der Waals surface area (Å²) in [5, 5.41) is 2.86. The van der Waals surface area contributed by atoms with Crippen LogP contribution in [0.15, 0.2) is 36.7 Å². The van der Waals surface area contributed by atoms with E-state index in [4.69, 9.17) is 9.47 Å². The van der Waals surface area contributed by atoms with Gasteiger partial charge in [-0.25, -0.2) is 19.6 Å². The average Bonchev–Trinajstić information content (AvgIpc) is 3.01. The summed E-state index contributed by atoms with van der Waals surface area (Å²) in [6.45, 7) is 4.69. The van der Waals surface area contributed by atoms with E-state index < -0.39 is 0 Å². The van der Waals surface area contributed by atoms with Gasteiger partial charge in [-0.05, 0) is 37.6 Å². The number of nitrogens with one attached hydrogen (secondary N) is 1. The number of carbonyl (C=O) groups is 2. The smallest absolute Gasteiger partial charge is 0.339 e. The molecule has 3 heterocycles. The molecule has 0 radical (unpaired) electrons. The van der Waals surface area contributed by atoms with Crippen LogP contribution >= 0.6 is 0 Å². The highest BCUT2D eigenvalue weighted by Crippen LogP contribution is 2.21. The number of anilines is 2. The second kappa shape index (κ2) is 9.72. The molecule has 0 saturated carbocycles. The van der Waals surface area contributed by atoms with Gasteiger partial charge >= 0.3 is 12.0 Å². The summed E-state index contributed by atoms with van der Waals surface area (Å²) in [6, 6.07) is 6.83. The Kier molecular flexibility index (Phi) is 6.83. The number of methoxy groups -OCH3 is 1. The molecule has 2 aromatic rings. The van der Waals surface area contributed by atoms with Gasteiger partial charge in [-0.15, -0.1) is 0 Å². The van der Waals surface area contributed by atoms with Gasteiger partial charge in [0.2, 0.25) is 5.88 Å². The SMILES string of the molecule is CCOC(=O)c1ccc(N2CCCN(C(=O)Nc3cccnc3OC)CC2)nc1. The van der Waals surface area contributed by atoms with E-state index in [0.29, 0.717) is 43.4 Å². The summed E-state index contributed by atoms with van der Waals surface area (Å²) in [5.41, 5.74) is 0.967. The Balaban J connectivity index is 1.60. The molecule has 2 amide bonds. The van der Waals surface area contributed by atoms with Crippen LogP contribution in [0.2, 0.25) is 0 Å². The van der Waals surface area contributed by atoms with Crippen molar-refractivity contribution < 1.29 is 19.1 Å². The summed E-state index contributed by atoms with van der Waals surface area (Å²) >= 11 is 0. The monoisotopic (exact) mass is 399 g/mol. The summed E-state index contributed by atoms with van der Waals surface area (Å²) < 4.78 is 10.2. The van der Waals surface area contributed by atoms with Crippen molar-refractivity contribution in [3.63, 3.8) is 0 Å². The van der Waals surface area contributed by atoms with Crippen molar-refractivity contribution in [1.29, 1.82) is 0 Å². The Labute approximate surface area is 169 Å². The first-order valence-corrected chi connectivity index (χ1v) is 9.55. The van der Waals surface area contributed by atoms with Crippen molar-refractivity contribution in [3.05, 3.63) is 42.2 Å². The highest BCUT2D eigenvalue weighted by molar-refractivity contribution is 5.90. The molecule has 0 aromatic carbocycles. The first kappa shape index (κ1) is 20.4. The second-order valence-electron chi connectivity index (χ2n) is 6.44.